The summed E-state index contributed by atoms with van der Waals surface area (Å²) in [5, 5.41) is 13.0. The molecule has 2 N–H and O–H groups in total. The molecule has 0 spiro atoms. The molecule has 0 aliphatic rings. The zero-order valence-corrected chi connectivity index (χ0v) is 20.1. The summed E-state index contributed by atoms with van der Waals surface area (Å²) in [7, 11) is 3.62. The quantitative estimate of drug-likeness (QED) is 0.583. The van der Waals surface area contributed by atoms with Crippen LogP contribution in [-0.4, -0.2) is 52.0 Å². The fourth-order valence-electron chi connectivity index (χ4n) is 3.98. The first-order valence-electron chi connectivity index (χ1n) is 10.8. The lowest BCUT2D eigenvalue weighted by Crippen LogP contribution is -2.45. The minimum absolute atomic E-state index is 0.0271. The van der Waals surface area contributed by atoms with Crippen molar-refractivity contribution < 1.29 is 19.5 Å². The highest BCUT2D eigenvalue weighted by Gasteiger charge is 2.28. The van der Waals surface area contributed by atoms with E-state index in [1.54, 1.807) is 13.1 Å². The number of benzene rings is 1. The summed E-state index contributed by atoms with van der Waals surface area (Å²) in [5.74, 6) is -1.46. The Kier molecular flexibility index (Phi) is 7.88. The molecule has 7 nitrogen and oxygen atoms in total. The third-order valence-corrected chi connectivity index (χ3v) is 5.95. The Morgan fingerprint density at radius 3 is 2.44 bits per heavy atom. The summed E-state index contributed by atoms with van der Waals surface area (Å²) in [4.78, 5) is 38.0. The number of hydrogen-bond acceptors (Lipinski definition) is 3. The number of aromatic nitrogens is 1. The zero-order valence-electron chi connectivity index (χ0n) is 20.1. The molecule has 7 heteroatoms. The lowest BCUT2D eigenvalue weighted by Gasteiger charge is -2.30. The number of amides is 2. The largest absolute Gasteiger partial charge is 0.478 e. The molecule has 0 aliphatic carbocycles. The maximum atomic E-state index is 12.7. The highest BCUT2D eigenvalue weighted by atomic mass is 16.4. The van der Waals surface area contributed by atoms with E-state index in [1.807, 2.05) is 46.9 Å². The van der Waals surface area contributed by atoms with E-state index in [9.17, 15) is 14.4 Å². The first-order valence-corrected chi connectivity index (χ1v) is 10.8. The average Bonchev–Trinajstić information content (AvgIpc) is 3.06. The number of carboxylic acid groups (broad SMARTS) is 1. The molecular weight excluding hydrogens is 406 g/mol. The van der Waals surface area contributed by atoms with E-state index in [-0.39, 0.29) is 42.3 Å². The van der Waals surface area contributed by atoms with E-state index >= 15 is 0 Å². The van der Waals surface area contributed by atoms with Gasteiger partial charge in [0.15, 0.2) is 0 Å². The molecule has 2 rings (SSSR count). The average molecular weight is 442 g/mol. The van der Waals surface area contributed by atoms with Gasteiger partial charge in [-0.1, -0.05) is 52.0 Å². The fraction of sp³-hybridized carbons (Fsp3) is 0.480. The van der Waals surface area contributed by atoms with Gasteiger partial charge in [-0.15, -0.1) is 0 Å². The van der Waals surface area contributed by atoms with Crippen LogP contribution in [0.2, 0.25) is 0 Å². The molecule has 0 aliphatic heterocycles. The maximum Gasteiger partial charge on any atom is 0.331 e. The van der Waals surface area contributed by atoms with Crippen molar-refractivity contribution in [2.24, 2.45) is 13.0 Å². The van der Waals surface area contributed by atoms with Gasteiger partial charge in [0.2, 0.25) is 11.8 Å². The van der Waals surface area contributed by atoms with Crippen LogP contribution in [0.1, 0.15) is 46.6 Å². The monoisotopic (exact) mass is 441 g/mol. The smallest absolute Gasteiger partial charge is 0.331 e. The van der Waals surface area contributed by atoms with E-state index in [2.05, 4.69) is 28.2 Å². The van der Waals surface area contributed by atoms with Gasteiger partial charge in [-0.05, 0) is 24.5 Å². The predicted molar refractivity (Wildman–Crippen MR) is 126 cm³/mol. The van der Waals surface area contributed by atoms with Gasteiger partial charge in [0.05, 0.1) is 12.6 Å². The van der Waals surface area contributed by atoms with Gasteiger partial charge in [-0.2, -0.15) is 0 Å². The van der Waals surface area contributed by atoms with Gasteiger partial charge in [0.1, 0.15) is 0 Å². The SMILES string of the molecule is CC(=C[C@H](C(C)C)N(C)C(=O)CNC(=O)CC(C)(C)c1cn(C)c2ccccc12)C(=O)O. The molecule has 0 saturated heterocycles. The van der Waals surface area contributed by atoms with E-state index in [4.69, 9.17) is 5.11 Å². The topological polar surface area (TPSA) is 91.6 Å². The summed E-state index contributed by atoms with van der Waals surface area (Å²) >= 11 is 0. The summed E-state index contributed by atoms with van der Waals surface area (Å²) in [6.07, 6.45) is 3.88. The molecule has 1 aromatic heterocycles. The minimum Gasteiger partial charge on any atom is -0.478 e. The Bertz CT molecular complexity index is 1030. The molecule has 0 fully saturated rings. The number of likely N-dealkylation sites (N-methyl/N-ethyl adjacent to an activating group) is 1. The first kappa shape index (κ1) is 25.2. The van der Waals surface area contributed by atoms with Crippen LogP contribution in [0, 0.1) is 5.92 Å². The van der Waals surface area contributed by atoms with Crippen LogP contribution in [0.3, 0.4) is 0 Å². The van der Waals surface area contributed by atoms with Crippen molar-refractivity contribution in [2.75, 3.05) is 13.6 Å². The first-order chi connectivity index (χ1) is 14.8. The van der Waals surface area contributed by atoms with Crippen molar-refractivity contribution in [2.45, 2.75) is 52.5 Å². The summed E-state index contributed by atoms with van der Waals surface area (Å²) in [6, 6.07) is 7.72. The van der Waals surface area contributed by atoms with Crippen LogP contribution in [-0.2, 0) is 26.8 Å². The number of hydrogen-bond donors (Lipinski definition) is 2. The van der Waals surface area contributed by atoms with Gasteiger partial charge in [0, 0.05) is 48.6 Å². The van der Waals surface area contributed by atoms with Crippen LogP contribution in [0.25, 0.3) is 10.9 Å². The highest BCUT2D eigenvalue weighted by molar-refractivity contribution is 5.89. The Balaban J connectivity index is 2.05. The Labute approximate surface area is 190 Å². The number of carbonyl (C=O) groups excluding carboxylic acids is 2. The third-order valence-electron chi connectivity index (χ3n) is 5.95. The van der Waals surface area contributed by atoms with Gasteiger partial charge in [-0.25, -0.2) is 4.79 Å². The molecule has 0 radical (unpaired) electrons. The Morgan fingerprint density at radius 1 is 1.22 bits per heavy atom. The lowest BCUT2D eigenvalue weighted by atomic mass is 9.81. The number of carbonyl (C=O) groups is 3. The van der Waals surface area contributed by atoms with Crippen LogP contribution in [0.15, 0.2) is 42.1 Å². The van der Waals surface area contributed by atoms with Crippen molar-refractivity contribution in [3.05, 3.63) is 47.7 Å². The van der Waals surface area contributed by atoms with Crippen molar-refractivity contribution in [3.63, 3.8) is 0 Å². The molecule has 0 unspecified atom stereocenters. The number of carboxylic acids is 1. The molecule has 1 atom stereocenters. The molecule has 0 bridgehead atoms. The Morgan fingerprint density at radius 2 is 1.84 bits per heavy atom. The van der Waals surface area contributed by atoms with Crippen LogP contribution >= 0.6 is 0 Å². The number of nitrogens with one attached hydrogen (secondary N) is 1. The molecular formula is C25H35N3O4. The van der Waals surface area contributed by atoms with E-state index < -0.39 is 11.4 Å². The second-order valence-electron chi connectivity index (χ2n) is 9.40. The van der Waals surface area contributed by atoms with Gasteiger partial charge in [-0.3, -0.25) is 9.59 Å². The summed E-state index contributed by atoms with van der Waals surface area (Å²) in [6.45, 7) is 9.27. The van der Waals surface area contributed by atoms with Crippen molar-refractivity contribution in [1.29, 1.82) is 0 Å². The minimum atomic E-state index is -1.01. The molecule has 1 heterocycles. The number of para-hydroxylation sites is 1. The van der Waals surface area contributed by atoms with Crippen molar-refractivity contribution in [3.8, 4) is 0 Å². The highest BCUT2D eigenvalue weighted by Crippen LogP contribution is 2.34. The van der Waals surface area contributed by atoms with Crippen LogP contribution in [0.5, 0.6) is 0 Å². The Hall–Kier alpha value is -3.09. The van der Waals surface area contributed by atoms with E-state index in [0.29, 0.717) is 0 Å². The number of aryl methyl sites for hydroxylation is 1. The summed E-state index contributed by atoms with van der Waals surface area (Å²) in [5.41, 5.74) is 1.96. The molecule has 174 valence electrons. The van der Waals surface area contributed by atoms with E-state index in [1.165, 1.54) is 11.8 Å². The zero-order chi connectivity index (χ0) is 24.2. The molecule has 0 saturated carbocycles. The number of rotatable bonds is 9. The van der Waals surface area contributed by atoms with Gasteiger partial charge in [0.25, 0.3) is 0 Å². The molecule has 2 amide bonds. The predicted octanol–water partition coefficient (Wildman–Crippen LogP) is 3.48. The molecule has 2 aromatic rings. The number of nitrogens with zero attached hydrogens (tertiary/aromatic N) is 2. The second kappa shape index (κ2) is 10.0. The molecule has 1 aromatic carbocycles. The lowest BCUT2D eigenvalue weighted by molar-refractivity contribution is -0.134. The maximum absolute atomic E-state index is 12.7. The number of fused-ring (bicyclic) bond motifs is 1. The summed E-state index contributed by atoms with van der Waals surface area (Å²) < 4.78 is 2.06. The number of aliphatic carboxylic acids is 1. The van der Waals surface area contributed by atoms with Crippen molar-refractivity contribution in [1.82, 2.24) is 14.8 Å². The van der Waals surface area contributed by atoms with Crippen LogP contribution in [0.4, 0.5) is 0 Å². The standard InChI is InChI=1S/C25H35N3O4/c1-16(2)21(12-17(3)24(31)32)28(7)23(30)14-26-22(29)13-25(4,5)19-15-27(6)20-11-9-8-10-18(19)20/h8-12,15-16,21H,13-14H2,1-7H3,(H,26,29)(H,31,32)/t21-/m1/s1. The van der Waals surface area contributed by atoms with Gasteiger partial charge < -0.3 is 19.9 Å². The third kappa shape index (κ3) is 5.78. The van der Waals surface area contributed by atoms with Gasteiger partial charge >= 0.3 is 5.97 Å². The van der Waals surface area contributed by atoms with Crippen molar-refractivity contribution >= 4 is 28.7 Å². The molecule has 32 heavy (non-hydrogen) atoms. The van der Waals surface area contributed by atoms with E-state index in [0.717, 1.165) is 16.5 Å². The second-order valence-corrected chi connectivity index (χ2v) is 9.40. The fourth-order valence-corrected chi connectivity index (χ4v) is 3.98. The normalized spacial score (nSPS) is 13.3. The van der Waals surface area contributed by atoms with Crippen LogP contribution < -0.4 is 5.32 Å².